The van der Waals surface area contributed by atoms with Gasteiger partial charge < -0.3 is 5.32 Å². The number of halogens is 3. The molecule has 1 N–H and O–H groups in total. The van der Waals surface area contributed by atoms with Gasteiger partial charge in [-0.25, -0.2) is 8.42 Å². The maximum absolute atomic E-state index is 12.6. The fourth-order valence-electron chi connectivity index (χ4n) is 2.90. The molecule has 22 heavy (non-hydrogen) atoms. The van der Waals surface area contributed by atoms with Gasteiger partial charge in [-0.2, -0.15) is 4.31 Å². The molecule has 0 bridgehead atoms. The van der Waals surface area contributed by atoms with Gasteiger partial charge in [0.1, 0.15) is 9.23 Å². The Morgan fingerprint density at radius 1 is 1.23 bits per heavy atom. The predicted octanol–water partition coefficient (Wildman–Crippen LogP) is 2.14. The van der Waals surface area contributed by atoms with Crippen LogP contribution in [0.5, 0.6) is 0 Å². The number of thiophene rings is 1. The van der Waals surface area contributed by atoms with Gasteiger partial charge in [-0.05, 0) is 19.0 Å². The van der Waals surface area contributed by atoms with Gasteiger partial charge in [0.05, 0.1) is 4.34 Å². The largest absolute Gasteiger partial charge is 0.315 e. The summed E-state index contributed by atoms with van der Waals surface area (Å²) < 4.78 is 27.4. The summed E-state index contributed by atoms with van der Waals surface area (Å²) in [7, 11) is -3.53. The molecule has 126 valence electrons. The molecule has 5 nitrogen and oxygen atoms in total. The van der Waals surface area contributed by atoms with E-state index in [1.165, 1.54) is 10.4 Å². The molecule has 1 atom stereocenters. The summed E-state index contributed by atoms with van der Waals surface area (Å²) in [5, 5.41) is 3.34. The summed E-state index contributed by atoms with van der Waals surface area (Å²) >= 11 is 12.9. The summed E-state index contributed by atoms with van der Waals surface area (Å²) in [6.45, 7) is 4.58. The van der Waals surface area contributed by atoms with E-state index in [0.29, 0.717) is 23.5 Å². The highest BCUT2D eigenvalue weighted by Crippen LogP contribution is 2.36. The first-order valence-corrected chi connectivity index (χ1v) is 9.89. The van der Waals surface area contributed by atoms with Gasteiger partial charge in [-0.1, -0.05) is 23.2 Å². The molecule has 0 amide bonds. The van der Waals surface area contributed by atoms with Crippen LogP contribution >= 0.6 is 46.9 Å². The van der Waals surface area contributed by atoms with Gasteiger partial charge in [0.25, 0.3) is 0 Å². The molecule has 1 unspecified atom stereocenters. The molecule has 3 heterocycles. The molecule has 0 spiro atoms. The van der Waals surface area contributed by atoms with Crippen molar-refractivity contribution in [2.24, 2.45) is 0 Å². The average Bonchev–Trinajstić information content (AvgIpc) is 3.09. The molecule has 3 rings (SSSR count). The molecule has 2 aliphatic heterocycles. The van der Waals surface area contributed by atoms with Crippen molar-refractivity contribution in [3.8, 4) is 0 Å². The Kier molecular flexibility index (Phi) is 6.41. The molecule has 1 aromatic rings. The lowest BCUT2D eigenvalue weighted by atomic mass is 10.2. The van der Waals surface area contributed by atoms with E-state index < -0.39 is 10.0 Å². The van der Waals surface area contributed by atoms with Crippen molar-refractivity contribution in [2.75, 3.05) is 39.3 Å². The summed E-state index contributed by atoms with van der Waals surface area (Å²) in [5.41, 5.74) is 0. The van der Waals surface area contributed by atoms with Gasteiger partial charge in [0, 0.05) is 38.8 Å². The summed E-state index contributed by atoms with van der Waals surface area (Å²) in [6, 6.07) is 1.98. The number of rotatable bonds is 3. The quantitative estimate of drug-likeness (QED) is 0.835. The van der Waals surface area contributed by atoms with E-state index in [4.69, 9.17) is 23.2 Å². The standard InChI is InChI=1S/C12H17Cl2N3O2S2.ClH/c13-11-7-10(12(14)20-11)21(18,19)17-5-3-16(4-6-17)9-1-2-15-8-9;/h7,9,15H,1-6,8H2;1H. The van der Waals surface area contributed by atoms with Gasteiger partial charge in [0.15, 0.2) is 0 Å². The molecule has 10 heteroatoms. The Labute approximate surface area is 151 Å². The van der Waals surface area contributed by atoms with Crippen LogP contribution in [0.1, 0.15) is 6.42 Å². The van der Waals surface area contributed by atoms with E-state index in [1.807, 2.05) is 0 Å². The van der Waals surface area contributed by atoms with E-state index in [9.17, 15) is 8.42 Å². The van der Waals surface area contributed by atoms with Crippen LogP contribution in [0.4, 0.5) is 0 Å². The lowest BCUT2D eigenvalue weighted by molar-refractivity contribution is 0.145. The van der Waals surface area contributed by atoms with Gasteiger partial charge in [-0.15, -0.1) is 23.7 Å². The Balaban J connectivity index is 0.00000176. The molecule has 2 fully saturated rings. The molecular weight excluding hydrogens is 389 g/mol. The second-order valence-electron chi connectivity index (χ2n) is 5.28. The molecular formula is C12H18Cl3N3O2S2. The highest BCUT2D eigenvalue weighted by Gasteiger charge is 2.33. The van der Waals surface area contributed by atoms with Gasteiger partial charge in [-0.3, -0.25) is 4.90 Å². The zero-order valence-electron chi connectivity index (χ0n) is 11.8. The van der Waals surface area contributed by atoms with Crippen molar-refractivity contribution in [1.29, 1.82) is 0 Å². The summed E-state index contributed by atoms with van der Waals surface area (Å²) in [4.78, 5) is 2.50. The SMILES string of the molecule is Cl.O=S(=O)(c1cc(Cl)sc1Cl)N1CCN(C2CCNC2)CC1. The minimum atomic E-state index is -3.53. The van der Waals surface area contributed by atoms with Crippen LogP contribution in [0.15, 0.2) is 11.0 Å². The second kappa shape index (κ2) is 7.53. The van der Waals surface area contributed by atoms with Gasteiger partial charge in [0.2, 0.25) is 10.0 Å². The van der Waals surface area contributed by atoms with E-state index in [0.717, 1.165) is 43.9 Å². The van der Waals surface area contributed by atoms with Crippen LogP contribution in [0.2, 0.25) is 8.67 Å². The molecule has 0 aromatic carbocycles. The second-order valence-corrected chi connectivity index (χ2v) is 9.47. The van der Waals surface area contributed by atoms with Crippen molar-refractivity contribution in [1.82, 2.24) is 14.5 Å². The van der Waals surface area contributed by atoms with Crippen molar-refractivity contribution in [3.05, 3.63) is 14.7 Å². The highest BCUT2D eigenvalue weighted by molar-refractivity contribution is 7.89. The third-order valence-corrected chi connectivity index (χ3v) is 7.72. The number of hydrogen-bond donors (Lipinski definition) is 1. The maximum Gasteiger partial charge on any atom is 0.245 e. The minimum absolute atomic E-state index is 0. The van der Waals surface area contributed by atoms with Crippen LogP contribution in [-0.4, -0.2) is 62.9 Å². The third-order valence-electron chi connectivity index (χ3n) is 4.07. The van der Waals surface area contributed by atoms with Gasteiger partial charge >= 0.3 is 0 Å². The number of piperazine rings is 1. The van der Waals surface area contributed by atoms with Crippen LogP contribution in [0.25, 0.3) is 0 Å². The monoisotopic (exact) mass is 405 g/mol. The van der Waals surface area contributed by atoms with Crippen LogP contribution < -0.4 is 5.32 Å². The summed E-state index contributed by atoms with van der Waals surface area (Å²) in [6.07, 6.45) is 1.14. The first-order chi connectivity index (χ1) is 9.98. The van der Waals surface area contributed by atoms with E-state index in [2.05, 4.69) is 10.2 Å². The molecule has 2 saturated heterocycles. The third kappa shape index (κ3) is 3.72. The zero-order valence-corrected chi connectivity index (χ0v) is 15.8. The fourth-order valence-corrected chi connectivity index (χ4v) is 6.44. The summed E-state index contributed by atoms with van der Waals surface area (Å²) in [5.74, 6) is 0. The molecule has 0 saturated carbocycles. The maximum atomic E-state index is 12.6. The smallest absolute Gasteiger partial charge is 0.245 e. The van der Waals surface area contributed by atoms with E-state index >= 15 is 0 Å². The zero-order chi connectivity index (χ0) is 15.0. The first kappa shape index (κ1) is 18.7. The van der Waals surface area contributed by atoms with Crippen molar-refractivity contribution in [2.45, 2.75) is 17.4 Å². The molecule has 2 aliphatic rings. The van der Waals surface area contributed by atoms with Crippen LogP contribution in [0, 0.1) is 0 Å². The Hall–Kier alpha value is 0.400. The Morgan fingerprint density at radius 2 is 1.91 bits per heavy atom. The molecule has 0 radical (unpaired) electrons. The van der Waals surface area contributed by atoms with Crippen molar-refractivity contribution in [3.63, 3.8) is 0 Å². The van der Waals surface area contributed by atoms with E-state index in [-0.39, 0.29) is 21.6 Å². The van der Waals surface area contributed by atoms with Crippen LogP contribution in [-0.2, 0) is 10.0 Å². The first-order valence-electron chi connectivity index (χ1n) is 6.88. The number of nitrogens with one attached hydrogen (secondary N) is 1. The number of sulfonamides is 1. The average molecular weight is 407 g/mol. The van der Waals surface area contributed by atoms with Crippen molar-refractivity contribution < 1.29 is 8.42 Å². The normalized spacial score (nSPS) is 24.4. The fraction of sp³-hybridized carbons (Fsp3) is 0.667. The Bertz CT molecular complexity index is 609. The molecule has 0 aliphatic carbocycles. The van der Waals surface area contributed by atoms with Crippen LogP contribution in [0.3, 0.4) is 0 Å². The highest BCUT2D eigenvalue weighted by atomic mass is 35.5. The topological polar surface area (TPSA) is 52.7 Å². The molecule has 1 aromatic heterocycles. The predicted molar refractivity (Wildman–Crippen MR) is 93.2 cm³/mol. The van der Waals surface area contributed by atoms with Crippen molar-refractivity contribution >= 4 is 57.0 Å². The number of hydrogen-bond acceptors (Lipinski definition) is 5. The lowest BCUT2D eigenvalue weighted by Gasteiger charge is -2.37. The lowest BCUT2D eigenvalue weighted by Crippen LogP contribution is -2.52. The van der Waals surface area contributed by atoms with E-state index in [1.54, 1.807) is 0 Å². The minimum Gasteiger partial charge on any atom is -0.315 e. The Morgan fingerprint density at radius 3 is 2.41 bits per heavy atom. The number of nitrogens with zero attached hydrogens (tertiary/aromatic N) is 2.